The fourth-order valence-corrected chi connectivity index (χ4v) is 1.76. The van der Waals surface area contributed by atoms with Crippen LogP contribution in [-0.4, -0.2) is 30.1 Å². The summed E-state index contributed by atoms with van der Waals surface area (Å²) in [4.78, 5) is 21.6. The predicted molar refractivity (Wildman–Crippen MR) is 74.1 cm³/mol. The van der Waals surface area contributed by atoms with E-state index in [1.807, 2.05) is 24.3 Å². The average molecular weight is 330 g/mol. The third-order valence-corrected chi connectivity index (χ3v) is 2.77. The Morgan fingerprint density at radius 3 is 2.79 bits per heavy atom. The molecule has 1 aromatic carbocycles. The van der Waals surface area contributed by atoms with Crippen LogP contribution in [0.5, 0.6) is 5.75 Å². The minimum Gasteiger partial charge on any atom is -0.494 e. The van der Waals surface area contributed by atoms with Gasteiger partial charge >= 0.3 is 5.97 Å². The van der Waals surface area contributed by atoms with Crippen LogP contribution < -0.4 is 10.1 Å². The van der Waals surface area contributed by atoms with Crippen molar-refractivity contribution in [1.29, 1.82) is 0 Å². The van der Waals surface area contributed by atoms with Crippen molar-refractivity contribution in [3.8, 4) is 5.75 Å². The molecule has 0 atom stereocenters. The van der Waals surface area contributed by atoms with Gasteiger partial charge in [0, 0.05) is 17.4 Å². The number of carboxylic acids is 1. The Kier molecular flexibility index (Phi) is 6.95. The standard InChI is InChI=1S/C13H16BrNO4/c14-10-3-1-4-11(9-10)19-8-2-5-12(16)15-7-6-13(17)18/h1,3-4,9H,2,5-8H2,(H,15,16)(H,17,18). The lowest BCUT2D eigenvalue weighted by Crippen LogP contribution is -2.26. The second-order valence-electron chi connectivity index (χ2n) is 3.90. The molecule has 0 saturated carbocycles. The minimum atomic E-state index is -0.918. The number of benzene rings is 1. The van der Waals surface area contributed by atoms with Gasteiger partial charge in [-0.25, -0.2) is 0 Å². The third kappa shape index (κ3) is 7.46. The monoisotopic (exact) mass is 329 g/mol. The van der Waals surface area contributed by atoms with E-state index in [-0.39, 0.29) is 18.9 Å². The van der Waals surface area contributed by atoms with Gasteiger partial charge in [0.2, 0.25) is 5.91 Å². The molecular weight excluding hydrogens is 314 g/mol. The zero-order chi connectivity index (χ0) is 14.1. The molecule has 19 heavy (non-hydrogen) atoms. The first-order valence-corrected chi connectivity index (χ1v) is 6.74. The maximum atomic E-state index is 11.3. The van der Waals surface area contributed by atoms with Gasteiger partial charge in [-0.3, -0.25) is 9.59 Å². The van der Waals surface area contributed by atoms with Crippen molar-refractivity contribution in [2.45, 2.75) is 19.3 Å². The fourth-order valence-electron chi connectivity index (χ4n) is 1.38. The number of carbonyl (C=O) groups is 2. The van der Waals surface area contributed by atoms with Gasteiger partial charge in [-0.15, -0.1) is 0 Å². The van der Waals surface area contributed by atoms with Gasteiger partial charge < -0.3 is 15.2 Å². The molecule has 0 radical (unpaired) electrons. The third-order valence-electron chi connectivity index (χ3n) is 2.27. The van der Waals surface area contributed by atoms with Gasteiger partial charge in [0.25, 0.3) is 0 Å². The Labute approximate surface area is 120 Å². The van der Waals surface area contributed by atoms with Gasteiger partial charge in [0.15, 0.2) is 0 Å². The van der Waals surface area contributed by atoms with E-state index in [1.54, 1.807) is 0 Å². The number of carbonyl (C=O) groups excluding carboxylic acids is 1. The second kappa shape index (κ2) is 8.53. The molecule has 0 aliphatic heterocycles. The predicted octanol–water partition coefficient (Wildman–Crippen LogP) is 2.20. The summed E-state index contributed by atoms with van der Waals surface area (Å²) in [5.74, 6) is -0.321. The molecule has 5 nitrogen and oxygen atoms in total. The highest BCUT2D eigenvalue weighted by molar-refractivity contribution is 9.10. The van der Waals surface area contributed by atoms with E-state index in [2.05, 4.69) is 21.2 Å². The summed E-state index contributed by atoms with van der Waals surface area (Å²) in [5, 5.41) is 11.0. The van der Waals surface area contributed by atoms with Crippen LogP contribution in [0.4, 0.5) is 0 Å². The highest BCUT2D eigenvalue weighted by Crippen LogP contribution is 2.17. The fraction of sp³-hybridized carbons (Fsp3) is 0.385. The van der Waals surface area contributed by atoms with Gasteiger partial charge in [-0.05, 0) is 24.6 Å². The summed E-state index contributed by atoms with van der Waals surface area (Å²) in [5.41, 5.74) is 0. The van der Waals surface area contributed by atoms with Crippen molar-refractivity contribution in [3.05, 3.63) is 28.7 Å². The lowest BCUT2D eigenvalue weighted by molar-refractivity contribution is -0.136. The van der Waals surface area contributed by atoms with Crippen molar-refractivity contribution in [2.24, 2.45) is 0 Å². The first kappa shape index (κ1) is 15.5. The number of hydrogen-bond acceptors (Lipinski definition) is 3. The maximum Gasteiger partial charge on any atom is 0.305 e. The highest BCUT2D eigenvalue weighted by atomic mass is 79.9. The Hall–Kier alpha value is -1.56. The number of carboxylic acid groups (broad SMARTS) is 1. The second-order valence-corrected chi connectivity index (χ2v) is 4.82. The molecule has 104 valence electrons. The number of rotatable bonds is 8. The number of nitrogens with one attached hydrogen (secondary N) is 1. The van der Waals surface area contributed by atoms with Crippen LogP contribution in [0.25, 0.3) is 0 Å². The smallest absolute Gasteiger partial charge is 0.305 e. The topological polar surface area (TPSA) is 75.6 Å². The molecular formula is C13H16BrNO4. The van der Waals surface area contributed by atoms with Crippen LogP contribution in [0.15, 0.2) is 28.7 Å². The molecule has 1 amide bonds. The lowest BCUT2D eigenvalue weighted by Gasteiger charge is -2.06. The Bertz CT molecular complexity index is 436. The Balaban J connectivity index is 2.10. The molecule has 0 heterocycles. The van der Waals surface area contributed by atoms with Crippen molar-refractivity contribution < 1.29 is 19.4 Å². The molecule has 0 spiro atoms. The zero-order valence-corrected chi connectivity index (χ0v) is 12.0. The van der Waals surface area contributed by atoms with Gasteiger partial charge in [0.1, 0.15) is 5.75 Å². The van der Waals surface area contributed by atoms with E-state index < -0.39 is 5.97 Å². The van der Waals surface area contributed by atoms with Crippen molar-refractivity contribution in [1.82, 2.24) is 5.32 Å². The Morgan fingerprint density at radius 2 is 2.11 bits per heavy atom. The van der Waals surface area contributed by atoms with Crippen molar-refractivity contribution in [3.63, 3.8) is 0 Å². The van der Waals surface area contributed by atoms with Crippen molar-refractivity contribution in [2.75, 3.05) is 13.2 Å². The van der Waals surface area contributed by atoms with Gasteiger partial charge in [-0.2, -0.15) is 0 Å². The molecule has 0 unspecified atom stereocenters. The summed E-state index contributed by atoms with van der Waals surface area (Å²) in [7, 11) is 0. The lowest BCUT2D eigenvalue weighted by atomic mass is 10.3. The summed E-state index contributed by atoms with van der Waals surface area (Å²) < 4.78 is 6.42. The SMILES string of the molecule is O=C(O)CCNC(=O)CCCOc1cccc(Br)c1. The summed E-state index contributed by atoms with van der Waals surface area (Å²) in [6.45, 7) is 0.615. The molecule has 1 aromatic rings. The number of ether oxygens (including phenoxy) is 1. The quantitative estimate of drug-likeness (QED) is 0.717. The van der Waals surface area contributed by atoms with Crippen LogP contribution >= 0.6 is 15.9 Å². The van der Waals surface area contributed by atoms with Gasteiger partial charge in [-0.1, -0.05) is 22.0 Å². The largest absolute Gasteiger partial charge is 0.494 e. The minimum absolute atomic E-state index is 0.0553. The van der Waals surface area contributed by atoms with Crippen LogP contribution in [0.2, 0.25) is 0 Å². The van der Waals surface area contributed by atoms with Gasteiger partial charge in [0.05, 0.1) is 13.0 Å². The van der Waals surface area contributed by atoms with E-state index in [0.717, 1.165) is 10.2 Å². The van der Waals surface area contributed by atoms with E-state index in [0.29, 0.717) is 19.4 Å². The number of aliphatic carboxylic acids is 1. The number of halogens is 1. The van der Waals surface area contributed by atoms with E-state index in [9.17, 15) is 9.59 Å². The van der Waals surface area contributed by atoms with E-state index >= 15 is 0 Å². The average Bonchev–Trinajstić information content (AvgIpc) is 2.34. The van der Waals surface area contributed by atoms with Crippen LogP contribution in [0.1, 0.15) is 19.3 Å². The number of amides is 1. The molecule has 0 aliphatic rings. The molecule has 0 bridgehead atoms. The van der Waals surface area contributed by atoms with E-state index in [4.69, 9.17) is 9.84 Å². The molecule has 0 aliphatic carbocycles. The zero-order valence-electron chi connectivity index (χ0n) is 10.4. The maximum absolute atomic E-state index is 11.3. The molecule has 1 rings (SSSR count). The molecule has 0 fully saturated rings. The first-order chi connectivity index (χ1) is 9.08. The molecule has 0 saturated heterocycles. The summed E-state index contributed by atoms with van der Waals surface area (Å²) in [6.07, 6.45) is 0.860. The summed E-state index contributed by atoms with van der Waals surface area (Å²) in [6, 6.07) is 7.48. The molecule has 0 aromatic heterocycles. The molecule has 2 N–H and O–H groups in total. The highest BCUT2D eigenvalue weighted by Gasteiger charge is 2.03. The van der Waals surface area contributed by atoms with Crippen molar-refractivity contribution >= 4 is 27.8 Å². The number of hydrogen-bond donors (Lipinski definition) is 2. The summed E-state index contributed by atoms with van der Waals surface area (Å²) >= 11 is 3.34. The van der Waals surface area contributed by atoms with Crippen LogP contribution in [0, 0.1) is 0 Å². The van der Waals surface area contributed by atoms with Crippen LogP contribution in [0.3, 0.4) is 0 Å². The van der Waals surface area contributed by atoms with E-state index in [1.165, 1.54) is 0 Å². The van der Waals surface area contributed by atoms with Crippen LogP contribution in [-0.2, 0) is 9.59 Å². The first-order valence-electron chi connectivity index (χ1n) is 5.95. The normalized spacial score (nSPS) is 9.95. The Morgan fingerprint density at radius 1 is 1.32 bits per heavy atom. The molecule has 6 heteroatoms.